The molecule has 1 rings (SSSR count). The molecule has 118 valence electrons. The van der Waals surface area contributed by atoms with Crippen LogP contribution in [0.15, 0.2) is 0 Å². The lowest BCUT2D eigenvalue weighted by Gasteiger charge is -2.41. The third-order valence-corrected chi connectivity index (χ3v) is 4.90. The van der Waals surface area contributed by atoms with Crippen LogP contribution in [0.5, 0.6) is 0 Å². The molecule has 0 aliphatic carbocycles. The molecular formula is C17H33NO2. The number of hydrogen-bond acceptors (Lipinski definition) is 2. The third-order valence-electron chi connectivity index (χ3n) is 4.90. The van der Waals surface area contributed by atoms with E-state index in [9.17, 15) is 9.90 Å². The van der Waals surface area contributed by atoms with E-state index in [1.807, 2.05) is 0 Å². The SMILES string of the molecule is CCCCC(CC)CN1CCCC(CCC)(C(=O)O)C1. The van der Waals surface area contributed by atoms with Gasteiger partial charge in [-0.2, -0.15) is 0 Å². The Morgan fingerprint density at radius 1 is 1.30 bits per heavy atom. The minimum atomic E-state index is -0.578. The molecule has 1 aliphatic heterocycles. The van der Waals surface area contributed by atoms with Gasteiger partial charge < -0.3 is 10.0 Å². The molecule has 2 unspecified atom stereocenters. The second-order valence-electron chi connectivity index (χ2n) is 6.59. The zero-order valence-electron chi connectivity index (χ0n) is 13.7. The van der Waals surface area contributed by atoms with Crippen LogP contribution in [0, 0.1) is 11.3 Å². The van der Waals surface area contributed by atoms with Crippen LogP contribution >= 0.6 is 0 Å². The van der Waals surface area contributed by atoms with Gasteiger partial charge in [-0.15, -0.1) is 0 Å². The zero-order valence-corrected chi connectivity index (χ0v) is 13.7. The molecule has 1 fully saturated rings. The average molecular weight is 283 g/mol. The summed E-state index contributed by atoms with van der Waals surface area (Å²) in [6, 6.07) is 0. The summed E-state index contributed by atoms with van der Waals surface area (Å²) in [5.74, 6) is 0.159. The average Bonchev–Trinajstić information content (AvgIpc) is 2.44. The predicted octanol–water partition coefficient (Wildman–Crippen LogP) is 4.17. The second kappa shape index (κ2) is 8.66. The Hall–Kier alpha value is -0.570. The number of aliphatic carboxylic acids is 1. The maximum Gasteiger partial charge on any atom is 0.310 e. The molecule has 1 saturated heterocycles. The van der Waals surface area contributed by atoms with Crippen molar-refractivity contribution in [3.8, 4) is 0 Å². The molecule has 0 spiro atoms. The van der Waals surface area contributed by atoms with E-state index in [4.69, 9.17) is 0 Å². The largest absolute Gasteiger partial charge is 0.481 e. The summed E-state index contributed by atoms with van der Waals surface area (Å²) in [7, 11) is 0. The molecule has 3 nitrogen and oxygen atoms in total. The summed E-state index contributed by atoms with van der Waals surface area (Å²) in [6.07, 6.45) is 8.74. The van der Waals surface area contributed by atoms with Crippen molar-refractivity contribution in [2.24, 2.45) is 11.3 Å². The summed E-state index contributed by atoms with van der Waals surface area (Å²) < 4.78 is 0. The van der Waals surface area contributed by atoms with E-state index >= 15 is 0 Å². The van der Waals surface area contributed by atoms with E-state index in [1.165, 1.54) is 25.7 Å². The minimum Gasteiger partial charge on any atom is -0.481 e. The highest BCUT2D eigenvalue weighted by Crippen LogP contribution is 2.35. The number of carbonyl (C=O) groups is 1. The number of piperidine rings is 1. The van der Waals surface area contributed by atoms with Crippen LogP contribution in [0.4, 0.5) is 0 Å². The van der Waals surface area contributed by atoms with Crippen molar-refractivity contribution in [2.45, 2.75) is 72.1 Å². The zero-order chi connectivity index (χ0) is 15.0. The third kappa shape index (κ3) is 4.76. The maximum atomic E-state index is 11.7. The Morgan fingerprint density at radius 3 is 2.60 bits per heavy atom. The molecule has 1 N–H and O–H groups in total. The fourth-order valence-electron chi connectivity index (χ4n) is 3.63. The van der Waals surface area contributed by atoms with Crippen molar-refractivity contribution >= 4 is 5.97 Å². The molecule has 1 aliphatic rings. The molecule has 2 atom stereocenters. The van der Waals surface area contributed by atoms with Crippen molar-refractivity contribution in [3.05, 3.63) is 0 Å². The molecule has 20 heavy (non-hydrogen) atoms. The summed E-state index contributed by atoms with van der Waals surface area (Å²) in [5.41, 5.74) is -0.476. The van der Waals surface area contributed by atoms with Crippen LogP contribution in [0.3, 0.4) is 0 Å². The van der Waals surface area contributed by atoms with Crippen LogP contribution in [-0.2, 0) is 4.79 Å². The highest BCUT2D eigenvalue weighted by Gasteiger charge is 2.41. The van der Waals surface area contributed by atoms with Gasteiger partial charge in [0.25, 0.3) is 0 Å². The smallest absolute Gasteiger partial charge is 0.310 e. The second-order valence-corrected chi connectivity index (χ2v) is 6.59. The van der Waals surface area contributed by atoms with Gasteiger partial charge in [0.15, 0.2) is 0 Å². The van der Waals surface area contributed by atoms with Gasteiger partial charge in [0, 0.05) is 13.1 Å². The Bertz CT molecular complexity index is 289. The van der Waals surface area contributed by atoms with Gasteiger partial charge in [0.2, 0.25) is 0 Å². The summed E-state index contributed by atoms with van der Waals surface area (Å²) >= 11 is 0. The summed E-state index contributed by atoms with van der Waals surface area (Å²) in [4.78, 5) is 14.1. The van der Waals surface area contributed by atoms with E-state index < -0.39 is 11.4 Å². The number of nitrogens with zero attached hydrogens (tertiary/aromatic N) is 1. The summed E-state index contributed by atoms with van der Waals surface area (Å²) in [5, 5.41) is 9.64. The normalized spacial score (nSPS) is 25.6. The van der Waals surface area contributed by atoms with Crippen molar-refractivity contribution < 1.29 is 9.90 Å². The Balaban J connectivity index is 2.60. The first-order valence-corrected chi connectivity index (χ1v) is 8.53. The van der Waals surface area contributed by atoms with Crippen LogP contribution in [0.25, 0.3) is 0 Å². The van der Waals surface area contributed by atoms with Crippen LogP contribution in [0.1, 0.15) is 72.1 Å². The fourth-order valence-corrected chi connectivity index (χ4v) is 3.63. The first kappa shape index (κ1) is 17.5. The fraction of sp³-hybridized carbons (Fsp3) is 0.941. The molecule has 0 saturated carbocycles. The first-order chi connectivity index (χ1) is 9.57. The van der Waals surface area contributed by atoms with E-state index in [0.717, 1.165) is 51.2 Å². The Kier molecular flexibility index (Phi) is 7.57. The monoisotopic (exact) mass is 283 g/mol. The molecular weight excluding hydrogens is 250 g/mol. The highest BCUT2D eigenvalue weighted by atomic mass is 16.4. The molecule has 1 heterocycles. The Morgan fingerprint density at radius 2 is 2.05 bits per heavy atom. The molecule has 0 aromatic rings. The number of rotatable bonds is 9. The molecule has 0 aromatic heterocycles. The standard InChI is InChI=1S/C17H33NO2/c1-4-7-9-15(6-3)13-18-12-8-11-17(14-18,10-5-2)16(19)20/h15H,4-14H2,1-3H3,(H,19,20). The molecule has 0 amide bonds. The lowest BCUT2D eigenvalue weighted by atomic mass is 9.76. The van der Waals surface area contributed by atoms with Crippen molar-refractivity contribution in [2.75, 3.05) is 19.6 Å². The van der Waals surface area contributed by atoms with Crippen LogP contribution in [-0.4, -0.2) is 35.6 Å². The first-order valence-electron chi connectivity index (χ1n) is 8.53. The number of unbranched alkanes of at least 4 members (excludes halogenated alkanes) is 1. The van der Waals surface area contributed by atoms with Gasteiger partial charge in [-0.25, -0.2) is 0 Å². The van der Waals surface area contributed by atoms with E-state index in [1.54, 1.807) is 0 Å². The maximum absolute atomic E-state index is 11.7. The van der Waals surface area contributed by atoms with Gasteiger partial charge in [-0.1, -0.05) is 46.5 Å². The van der Waals surface area contributed by atoms with Gasteiger partial charge in [0.1, 0.15) is 0 Å². The lowest BCUT2D eigenvalue weighted by molar-refractivity contribution is -0.153. The van der Waals surface area contributed by atoms with Crippen LogP contribution in [0.2, 0.25) is 0 Å². The molecule has 0 radical (unpaired) electrons. The van der Waals surface area contributed by atoms with E-state index in [-0.39, 0.29) is 0 Å². The van der Waals surface area contributed by atoms with Crippen LogP contribution < -0.4 is 0 Å². The highest BCUT2D eigenvalue weighted by molar-refractivity contribution is 5.75. The van der Waals surface area contributed by atoms with Crippen molar-refractivity contribution in [1.29, 1.82) is 0 Å². The number of likely N-dealkylation sites (tertiary alicyclic amines) is 1. The minimum absolute atomic E-state index is 0.476. The van der Waals surface area contributed by atoms with Crippen molar-refractivity contribution in [1.82, 2.24) is 4.90 Å². The number of hydrogen-bond donors (Lipinski definition) is 1. The van der Waals surface area contributed by atoms with E-state index in [2.05, 4.69) is 25.7 Å². The van der Waals surface area contributed by atoms with Gasteiger partial charge in [-0.05, 0) is 38.1 Å². The molecule has 0 bridgehead atoms. The topological polar surface area (TPSA) is 40.5 Å². The Labute approximate surface area is 124 Å². The van der Waals surface area contributed by atoms with Crippen molar-refractivity contribution in [3.63, 3.8) is 0 Å². The van der Waals surface area contributed by atoms with Gasteiger partial charge in [-0.3, -0.25) is 4.79 Å². The van der Waals surface area contributed by atoms with E-state index in [0.29, 0.717) is 0 Å². The summed E-state index contributed by atoms with van der Waals surface area (Å²) in [6.45, 7) is 9.54. The predicted molar refractivity (Wildman–Crippen MR) is 84.0 cm³/mol. The number of carboxylic acids is 1. The van der Waals surface area contributed by atoms with Gasteiger partial charge in [0.05, 0.1) is 5.41 Å². The quantitative estimate of drug-likeness (QED) is 0.690. The lowest BCUT2D eigenvalue weighted by Crippen LogP contribution is -2.49. The molecule has 3 heteroatoms. The van der Waals surface area contributed by atoms with Gasteiger partial charge >= 0.3 is 5.97 Å². The molecule has 0 aromatic carbocycles. The number of carboxylic acid groups (broad SMARTS) is 1.